The fourth-order valence-electron chi connectivity index (χ4n) is 2.05. The summed E-state index contributed by atoms with van der Waals surface area (Å²) in [5, 5.41) is 15.0. The average Bonchev–Trinajstić information content (AvgIpc) is 2.96. The van der Waals surface area contributed by atoms with E-state index in [4.69, 9.17) is 4.42 Å². The van der Waals surface area contributed by atoms with E-state index in [0.29, 0.717) is 11.3 Å². The van der Waals surface area contributed by atoms with Crippen LogP contribution in [0.3, 0.4) is 0 Å². The Balaban J connectivity index is 1.96. The quantitative estimate of drug-likeness (QED) is 0.746. The molecule has 2 aromatic rings. The largest absolute Gasteiger partial charge is 0.463 e. The molecule has 6 nitrogen and oxygen atoms in total. The number of furan rings is 1. The van der Waals surface area contributed by atoms with Gasteiger partial charge in [0.25, 0.3) is 0 Å². The van der Waals surface area contributed by atoms with Crippen molar-refractivity contribution in [3.05, 3.63) is 53.2 Å². The molecular formula is C17H19FN2O4. The van der Waals surface area contributed by atoms with Gasteiger partial charge in [-0.1, -0.05) is 6.07 Å². The van der Waals surface area contributed by atoms with Crippen molar-refractivity contribution in [3.8, 4) is 0 Å². The summed E-state index contributed by atoms with van der Waals surface area (Å²) in [4.78, 5) is 23.8. The predicted octanol–water partition coefficient (Wildman–Crippen LogP) is 2.00. The minimum atomic E-state index is -1.46. The molecule has 0 fully saturated rings. The van der Waals surface area contributed by atoms with E-state index in [-0.39, 0.29) is 18.0 Å². The Morgan fingerprint density at radius 2 is 1.92 bits per heavy atom. The van der Waals surface area contributed by atoms with Gasteiger partial charge in [-0.3, -0.25) is 9.59 Å². The highest BCUT2D eigenvalue weighted by Crippen LogP contribution is 2.22. The number of anilines is 1. The molecule has 7 heteroatoms. The lowest BCUT2D eigenvalue weighted by atomic mass is 10.0. The highest BCUT2D eigenvalue weighted by molar-refractivity contribution is 6.39. The maximum atomic E-state index is 13.2. The highest BCUT2D eigenvalue weighted by Gasteiger charge is 2.28. The number of amides is 2. The smallest absolute Gasteiger partial charge is 0.313 e. The number of aryl methyl sites for hydroxylation is 2. The lowest BCUT2D eigenvalue weighted by Crippen LogP contribution is -2.43. The van der Waals surface area contributed by atoms with E-state index >= 15 is 0 Å². The second-order valence-electron chi connectivity index (χ2n) is 5.78. The van der Waals surface area contributed by atoms with Gasteiger partial charge in [0.15, 0.2) is 0 Å². The van der Waals surface area contributed by atoms with Crippen molar-refractivity contribution in [2.45, 2.75) is 26.4 Å². The van der Waals surface area contributed by atoms with Crippen molar-refractivity contribution < 1.29 is 23.5 Å². The van der Waals surface area contributed by atoms with E-state index in [1.807, 2.05) is 0 Å². The Bertz CT molecular complexity index is 768. The number of nitrogens with one attached hydrogen (secondary N) is 2. The molecule has 128 valence electrons. The number of rotatable bonds is 4. The van der Waals surface area contributed by atoms with Gasteiger partial charge in [-0.15, -0.1) is 0 Å². The van der Waals surface area contributed by atoms with E-state index in [0.717, 1.165) is 6.07 Å². The molecule has 0 radical (unpaired) electrons. The Kier molecular flexibility index (Phi) is 5.04. The van der Waals surface area contributed by atoms with E-state index in [1.165, 1.54) is 19.1 Å². The van der Waals surface area contributed by atoms with Crippen LogP contribution < -0.4 is 10.6 Å². The van der Waals surface area contributed by atoms with Gasteiger partial charge >= 0.3 is 11.8 Å². The Morgan fingerprint density at radius 1 is 1.21 bits per heavy atom. The first-order chi connectivity index (χ1) is 11.2. The number of halogens is 1. The summed E-state index contributed by atoms with van der Waals surface area (Å²) in [6.45, 7) is 4.65. The topological polar surface area (TPSA) is 91.6 Å². The van der Waals surface area contributed by atoms with Gasteiger partial charge in [0.05, 0.1) is 6.54 Å². The molecule has 0 aliphatic rings. The zero-order chi connectivity index (χ0) is 17.9. The molecule has 1 unspecified atom stereocenters. The average molecular weight is 334 g/mol. The molecule has 2 amide bonds. The standard InChI is InChI=1S/C17H19FN2O4/c1-10-4-6-12(18)8-13(10)20-16(22)15(21)19-9-17(3,23)14-7-5-11(2)24-14/h4-8,23H,9H2,1-3H3,(H,19,21)(H,20,22). The van der Waals surface area contributed by atoms with Crippen molar-refractivity contribution in [3.63, 3.8) is 0 Å². The maximum absolute atomic E-state index is 13.2. The number of hydrogen-bond acceptors (Lipinski definition) is 4. The number of hydrogen-bond donors (Lipinski definition) is 3. The van der Waals surface area contributed by atoms with Crippen LogP contribution in [0.25, 0.3) is 0 Å². The van der Waals surface area contributed by atoms with Crippen molar-refractivity contribution >= 4 is 17.5 Å². The fourth-order valence-corrected chi connectivity index (χ4v) is 2.05. The van der Waals surface area contributed by atoms with Gasteiger partial charge in [0.1, 0.15) is 22.9 Å². The lowest BCUT2D eigenvalue weighted by molar-refractivity contribution is -0.136. The fraction of sp³-hybridized carbons (Fsp3) is 0.294. The summed E-state index contributed by atoms with van der Waals surface area (Å²) in [6.07, 6.45) is 0. The van der Waals surface area contributed by atoms with Gasteiger partial charge in [-0.05, 0) is 50.6 Å². The summed E-state index contributed by atoms with van der Waals surface area (Å²) in [5.74, 6) is -1.51. The molecule has 0 saturated heterocycles. The van der Waals surface area contributed by atoms with E-state index in [1.54, 1.807) is 26.0 Å². The molecule has 1 aromatic heterocycles. The van der Waals surface area contributed by atoms with Crippen LogP contribution in [0.5, 0.6) is 0 Å². The van der Waals surface area contributed by atoms with Gasteiger partial charge in [0, 0.05) is 5.69 Å². The molecule has 2 rings (SSSR count). The SMILES string of the molecule is Cc1ccc(C(C)(O)CNC(=O)C(=O)Nc2cc(F)ccc2C)o1. The summed E-state index contributed by atoms with van der Waals surface area (Å²) in [7, 11) is 0. The molecular weight excluding hydrogens is 315 g/mol. The molecule has 1 heterocycles. The van der Waals surface area contributed by atoms with Crippen LogP contribution in [0.4, 0.5) is 10.1 Å². The van der Waals surface area contributed by atoms with E-state index in [9.17, 15) is 19.1 Å². The second kappa shape index (κ2) is 6.84. The first-order valence-corrected chi connectivity index (χ1v) is 7.33. The first kappa shape index (κ1) is 17.7. The van der Waals surface area contributed by atoms with Crippen LogP contribution in [-0.2, 0) is 15.2 Å². The molecule has 0 aliphatic heterocycles. The Morgan fingerprint density at radius 3 is 2.54 bits per heavy atom. The molecule has 0 spiro atoms. The van der Waals surface area contributed by atoms with Crippen LogP contribution in [-0.4, -0.2) is 23.5 Å². The first-order valence-electron chi connectivity index (χ1n) is 7.33. The number of benzene rings is 1. The number of aliphatic hydroxyl groups is 1. The summed E-state index contributed by atoms with van der Waals surface area (Å²) in [6, 6.07) is 7.16. The molecule has 3 N–H and O–H groups in total. The maximum Gasteiger partial charge on any atom is 0.313 e. The zero-order valence-corrected chi connectivity index (χ0v) is 13.6. The Labute approximate surface area is 138 Å². The van der Waals surface area contributed by atoms with Crippen LogP contribution in [0.2, 0.25) is 0 Å². The van der Waals surface area contributed by atoms with Gasteiger partial charge in [0.2, 0.25) is 0 Å². The zero-order valence-electron chi connectivity index (χ0n) is 13.6. The van der Waals surface area contributed by atoms with Crippen molar-refractivity contribution in [2.24, 2.45) is 0 Å². The minimum Gasteiger partial charge on any atom is -0.463 e. The molecule has 1 aromatic carbocycles. The van der Waals surface area contributed by atoms with E-state index in [2.05, 4.69) is 10.6 Å². The minimum absolute atomic E-state index is 0.212. The van der Waals surface area contributed by atoms with Gasteiger partial charge in [-0.25, -0.2) is 4.39 Å². The summed E-state index contributed by atoms with van der Waals surface area (Å²) < 4.78 is 18.5. The van der Waals surface area contributed by atoms with Crippen molar-refractivity contribution in [1.82, 2.24) is 5.32 Å². The number of carbonyl (C=O) groups is 2. The van der Waals surface area contributed by atoms with Gasteiger partial charge < -0.3 is 20.2 Å². The molecule has 0 aliphatic carbocycles. The molecule has 1 atom stereocenters. The van der Waals surface area contributed by atoms with Crippen LogP contribution in [0, 0.1) is 19.7 Å². The Hall–Kier alpha value is -2.67. The summed E-state index contributed by atoms with van der Waals surface area (Å²) >= 11 is 0. The van der Waals surface area contributed by atoms with Crippen LogP contribution >= 0.6 is 0 Å². The second-order valence-corrected chi connectivity index (χ2v) is 5.78. The van der Waals surface area contributed by atoms with E-state index < -0.39 is 23.2 Å². The monoisotopic (exact) mass is 334 g/mol. The van der Waals surface area contributed by atoms with Gasteiger partial charge in [-0.2, -0.15) is 0 Å². The third-order valence-corrected chi connectivity index (χ3v) is 3.52. The molecule has 24 heavy (non-hydrogen) atoms. The van der Waals surface area contributed by atoms with Crippen molar-refractivity contribution in [2.75, 3.05) is 11.9 Å². The molecule has 0 saturated carbocycles. The van der Waals surface area contributed by atoms with Crippen molar-refractivity contribution in [1.29, 1.82) is 0 Å². The predicted molar refractivity (Wildman–Crippen MR) is 85.8 cm³/mol. The van der Waals surface area contributed by atoms with Crippen LogP contribution in [0.1, 0.15) is 24.0 Å². The lowest BCUT2D eigenvalue weighted by Gasteiger charge is -2.21. The normalized spacial score (nSPS) is 13.2. The van der Waals surface area contributed by atoms with Crippen LogP contribution in [0.15, 0.2) is 34.7 Å². The molecule has 0 bridgehead atoms. The third-order valence-electron chi connectivity index (χ3n) is 3.52. The highest BCUT2D eigenvalue weighted by atomic mass is 19.1. The third kappa shape index (κ3) is 4.20. The summed E-state index contributed by atoms with van der Waals surface area (Å²) in [5.41, 5.74) is -0.627. The number of carbonyl (C=O) groups excluding carboxylic acids is 2.